The molecule has 0 saturated carbocycles. The maximum Gasteiger partial charge on any atom is 0.251 e. The Morgan fingerprint density at radius 1 is 1.19 bits per heavy atom. The third kappa shape index (κ3) is 4.12. The number of amides is 1. The number of hydrogen-bond donors (Lipinski definition) is 1. The molecule has 0 aliphatic heterocycles. The maximum absolute atomic E-state index is 12.9. The minimum Gasteiger partial charge on any atom is -0.495 e. The van der Waals surface area contributed by atoms with Gasteiger partial charge in [-0.3, -0.25) is 9.78 Å². The van der Waals surface area contributed by atoms with Crippen molar-refractivity contribution in [2.24, 2.45) is 0 Å². The van der Waals surface area contributed by atoms with Crippen LogP contribution in [0, 0.1) is 0 Å². The van der Waals surface area contributed by atoms with Gasteiger partial charge < -0.3 is 10.1 Å². The smallest absolute Gasteiger partial charge is 0.251 e. The fraction of sp³-hybridized carbons (Fsp3) is 0.158. The molecule has 0 unspecified atom stereocenters. The summed E-state index contributed by atoms with van der Waals surface area (Å²) in [5, 5.41) is 3.26. The minimum atomic E-state index is -3.65. The van der Waals surface area contributed by atoms with E-state index >= 15 is 0 Å². The minimum absolute atomic E-state index is 0.110. The normalized spacial score (nSPS) is 11.4. The van der Waals surface area contributed by atoms with Gasteiger partial charge in [0.15, 0.2) is 9.84 Å². The summed E-state index contributed by atoms with van der Waals surface area (Å²) in [4.78, 5) is 16.2. The highest BCUT2D eigenvalue weighted by Gasteiger charge is 2.21. The predicted octanol–water partition coefficient (Wildman–Crippen LogP) is 3.34. The monoisotopic (exact) mass is 448 g/mol. The number of nitrogens with one attached hydrogen (secondary N) is 1. The van der Waals surface area contributed by atoms with E-state index in [1.807, 2.05) is 0 Å². The third-order valence-corrected chi connectivity index (χ3v) is 6.24. The van der Waals surface area contributed by atoms with Crippen molar-refractivity contribution >= 4 is 42.6 Å². The highest BCUT2D eigenvalue weighted by atomic mass is 79.9. The number of nitrogens with zero attached hydrogens (tertiary/aromatic N) is 1. The molecule has 3 rings (SSSR count). The summed E-state index contributed by atoms with van der Waals surface area (Å²) in [6.45, 7) is 0. The van der Waals surface area contributed by atoms with Gasteiger partial charge in [-0.1, -0.05) is 15.9 Å². The molecule has 0 aliphatic carbocycles. The largest absolute Gasteiger partial charge is 0.495 e. The zero-order chi connectivity index (χ0) is 19.6. The van der Waals surface area contributed by atoms with Crippen molar-refractivity contribution < 1.29 is 17.9 Å². The van der Waals surface area contributed by atoms with Crippen LogP contribution >= 0.6 is 15.9 Å². The van der Waals surface area contributed by atoms with Crippen LogP contribution in [0.1, 0.15) is 15.9 Å². The number of pyridine rings is 1. The van der Waals surface area contributed by atoms with Gasteiger partial charge in [0.1, 0.15) is 10.6 Å². The molecule has 1 amide bonds. The average Bonchev–Trinajstić information content (AvgIpc) is 2.66. The number of sulfone groups is 1. The number of methoxy groups -OCH3 is 1. The van der Waals surface area contributed by atoms with Crippen LogP contribution in [0.25, 0.3) is 10.9 Å². The fourth-order valence-corrected chi connectivity index (χ4v) is 4.76. The first-order chi connectivity index (χ1) is 12.8. The van der Waals surface area contributed by atoms with Crippen LogP contribution in [0.4, 0.5) is 0 Å². The van der Waals surface area contributed by atoms with E-state index in [-0.39, 0.29) is 22.3 Å². The van der Waals surface area contributed by atoms with Gasteiger partial charge in [-0.05, 0) is 48.0 Å². The van der Waals surface area contributed by atoms with Crippen molar-refractivity contribution in [2.45, 2.75) is 10.6 Å². The van der Waals surface area contributed by atoms with Crippen LogP contribution in [0.5, 0.6) is 5.75 Å². The first-order valence-corrected chi connectivity index (χ1v) is 10.5. The molecule has 1 aromatic heterocycles. The van der Waals surface area contributed by atoms with Crippen LogP contribution in [-0.4, -0.2) is 33.5 Å². The van der Waals surface area contributed by atoms with Crippen LogP contribution in [0.15, 0.2) is 58.0 Å². The van der Waals surface area contributed by atoms with Gasteiger partial charge in [0.2, 0.25) is 0 Å². The predicted molar refractivity (Wildman–Crippen MR) is 107 cm³/mol. The van der Waals surface area contributed by atoms with Gasteiger partial charge in [-0.15, -0.1) is 0 Å². The summed E-state index contributed by atoms with van der Waals surface area (Å²) in [5.41, 5.74) is 1.70. The quantitative estimate of drug-likeness (QED) is 0.646. The number of rotatable bonds is 5. The molecule has 0 bridgehead atoms. The average molecular weight is 449 g/mol. The number of fused-ring (bicyclic) bond motifs is 1. The lowest BCUT2D eigenvalue weighted by atomic mass is 10.1. The summed E-state index contributed by atoms with van der Waals surface area (Å²) in [6.07, 6.45) is 1.53. The Bertz CT molecular complexity index is 1130. The number of ether oxygens (including phenoxy) is 1. The van der Waals surface area contributed by atoms with E-state index < -0.39 is 9.84 Å². The second-order valence-corrected chi connectivity index (χ2v) is 8.76. The lowest BCUT2D eigenvalue weighted by Crippen LogP contribution is -2.17. The second-order valence-electron chi connectivity index (χ2n) is 5.88. The van der Waals surface area contributed by atoms with Gasteiger partial charge in [0.25, 0.3) is 5.91 Å². The molecule has 6 nitrogen and oxygen atoms in total. The Morgan fingerprint density at radius 3 is 2.67 bits per heavy atom. The fourth-order valence-electron chi connectivity index (χ4n) is 2.73. The number of benzene rings is 2. The molecule has 0 saturated heterocycles. The van der Waals surface area contributed by atoms with Gasteiger partial charge in [-0.25, -0.2) is 8.42 Å². The summed E-state index contributed by atoms with van der Waals surface area (Å²) in [5.74, 6) is -0.157. The second kappa shape index (κ2) is 7.66. The topological polar surface area (TPSA) is 85.4 Å². The molecule has 0 spiro atoms. The molecule has 140 valence electrons. The molecule has 0 atom stereocenters. The van der Waals surface area contributed by atoms with E-state index in [2.05, 4.69) is 26.2 Å². The lowest BCUT2D eigenvalue weighted by molar-refractivity contribution is 0.0963. The molecule has 2 aromatic carbocycles. The molecular formula is C19H17BrN2O4S. The standard InChI is InChI=1S/C19H17BrN2O4S/c1-21-19(23)13-3-5-16-14(8-13)7-12(10-22-16)11-27(24,25)18-9-15(20)4-6-17(18)26-2/h3-10H,11H2,1-2H3,(H,21,23). The summed E-state index contributed by atoms with van der Waals surface area (Å²) in [6, 6.07) is 11.7. The summed E-state index contributed by atoms with van der Waals surface area (Å²) in [7, 11) is -0.667. The Kier molecular flexibility index (Phi) is 5.48. The number of halogens is 1. The van der Waals surface area contributed by atoms with Crippen molar-refractivity contribution in [2.75, 3.05) is 14.2 Å². The molecule has 0 aliphatic rings. The SMILES string of the molecule is CNC(=O)c1ccc2ncc(CS(=O)(=O)c3cc(Br)ccc3OC)cc2c1. The van der Waals surface area contributed by atoms with E-state index in [4.69, 9.17) is 4.74 Å². The van der Waals surface area contributed by atoms with E-state index in [9.17, 15) is 13.2 Å². The van der Waals surface area contributed by atoms with Gasteiger partial charge >= 0.3 is 0 Å². The molecule has 3 aromatic rings. The number of aromatic nitrogens is 1. The van der Waals surface area contributed by atoms with Gasteiger partial charge in [-0.2, -0.15) is 0 Å². The van der Waals surface area contributed by atoms with Gasteiger partial charge in [0, 0.05) is 28.7 Å². The molecule has 1 heterocycles. The van der Waals surface area contributed by atoms with E-state index in [0.717, 1.165) is 0 Å². The molecule has 0 fully saturated rings. The first kappa shape index (κ1) is 19.3. The Hall–Kier alpha value is -2.45. The van der Waals surface area contributed by atoms with E-state index in [0.29, 0.717) is 26.5 Å². The third-order valence-electron chi connectivity index (χ3n) is 4.04. The Labute approximate surface area is 165 Å². The zero-order valence-electron chi connectivity index (χ0n) is 14.7. The summed E-state index contributed by atoms with van der Waals surface area (Å²) >= 11 is 3.29. The van der Waals surface area contributed by atoms with Crippen LogP contribution in [0.2, 0.25) is 0 Å². The number of hydrogen-bond acceptors (Lipinski definition) is 5. The molecule has 27 heavy (non-hydrogen) atoms. The van der Waals surface area contributed by atoms with Gasteiger partial charge in [0.05, 0.1) is 18.4 Å². The highest BCUT2D eigenvalue weighted by molar-refractivity contribution is 9.10. The molecule has 8 heteroatoms. The van der Waals surface area contributed by atoms with E-state index in [1.165, 1.54) is 19.4 Å². The molecular weight excluding hydrogens is 432 g/mol. The maximum atomic E-state index is 12.9. The van der Waals surface area contributed by atoms with Crippen molar-refractivity contribution in [1.29, 1.82) is 0 Å². The van der Waals surface area contributed by atoms with Crippen molar-refractivity contribution in [1.82, 2.24) is 10.3 Å². The highest BCUT2D eigenvalue weighted by Crippen LogP contribution is 2.30. The van der Waals surface area contributed by atoms with Crippen LogP contribution in [0.3, 0.4) is 0 Å². The molecule has 0 radical (unpaired) electrons. The van der Waals surface area contributed by atoms with Crippen molar-refractivity contribution in [3.63, 3.8) is 0 Å². The lowest BCUT2D eigenvalue weighted by Gasteiger charge is -2.11. The van der Waals surface area contributed by atoms with Crippen LogP contribution < -0.4 is 10.1 Å². The molecule has 1 N–H and O–H groups in total. The number of carbonyl (C=O) groups is 1. The van der Waals surface area contributed by atoms with E-state index in [1.54, 1.807) is 43.4 Å². The Balaban J connectivity index is 2.00. The summed E-state index contributed by atoms with van der Waals surface area (Å²) < 4.78 is 31.6. The number of carbonyl (C=O) groups excluding carboxylic acids is 1. The van der Waals surface area contributed by atoms with Crippen LogP contribution in [-0.2, 0) is 15.6 Å². The Morgan fingerprint density at radius 2 is 1.96 bits per heavy atom. The first-order valence-electron chi connectivity index (χ1n) is 8.01. The zero-order valence-corrected chi connectivity index (χ0v) is 17.1. The van der Waals surface area contributed by atoms with Crippen molar-refractivity contribution in [3.05, 3.63) is 64.3 Å². The van der Waals surface area contributed by atoms with Crippen molar-refractivity contribution in [3.8, 4) is 5.75 Å².